The van der Waals surface area contributed by atoms with Gasteiger partial charge in [-0.3, -0.25) is 4.79 Å². The highest BCUT2D eigenvalue weighted by Crippen LogP contribution is 2.17. The third-order valence-electron chi connectivity index (χ3n) is 1.67. The van der Waals surface area contributed by atoms with Crippen LogP contribution in [0.1, 0.15) is 0 Å². The molecule has 0 aliphatic heterocycles. The van der Waals surface area contributed by atoms with Crippen molar-refractivity contribution in [2.24, 2.45) is 5.73 Å². The fraction of sp³-hybridized carbons (Fsp3) is 0.300. The van der Waals surface area contributed by atoms with E-state index < -0.39 is 0 Å². The molecular formula is C10H13BrN2O2. The normalized spacial score (nSPS) is 9.73. The Kier molecular flexibility index (Phi) is 5.14. The van der Waals surface area contributed by atoms with E-state index in [1.165, 1.54) is 0 Å². The minimum atomic E-state index is -0.173. The van der Waals surface area contributed by atoms with Gasteiger partial charge in [0.15, 0.2) is 0 Å². The summed E-state index contributed by atoms with van der Waals surface area (Å²) in [6.45, 7) is 0.904. The lowest BCUT2D eigenvalue weighted by atomic mass is 10.3. The van der Waals surface area contributed by atoms with Crippen molar-refractivity contribution in [1.29, 1.82) is 0 Å². The topological polar surface area (TPSA) is 64.4 Å². The van der Waals surface area contributed by atoms with Crippen LogP contribution < -0.4 is 15.8 Å². The van der Waals surface area contributed by atoms with Crippen LogP contribution in [0.4, 0.5) is 0 Å². The van der Waals surface area contributed by atoms with Crippen molar-refractivity contribution in [2.75, 3.05) is 19.7 Å². The van der Waals surface area contributed by atoms with E-state index in [1.807, 2.05) is 24.3 Å². The predicted octanol–water partition coefficient (Wildman–Crippen LogP) is 0.903. The van der Waals surface area contributed by atoms with Gasteiger partial charge in [0, 0.05) is 4.47 Å². The lowest BCUT2D eigenvalue weighted by Gasteiger charge is -2.07. The number of halogens is 1. The first kappa shape index (κ1) is 12.0. The van der Waals surface area contributed by atoms with Gasteiger partial charge in [-0.25, -0.2) is 0 Å². The van der Waals surface area contributed by atoms with Crippen LogP contribution in [0.3, 0.4) is 0 Å². The van der Waals surface area contributed by atoms with Gasteiger partial charge in [0.2, 0.25) is 5.91 Å². The molecule has 0 unspecified atom stereocenters. The molecule has 1 aromatic carbocycles. The van der Waals surface area contributed by atoms with E-state index in [2.05, 4.69) is 21.2 Å². The van der Waals surface area contributed by atoms with Gasteiger partial charge in [-0.15, -0.1) is 0 Å². The number of hydrogen-bond acceptors (Lipinski definition) is 3. The van der Waals surface area contributed by atoms with Crippen molar-refractivity contribution in [3.05, 3.63) is 28.7 Å². The van der Waals surface area contributed by atoms with Gasteiger partial charge >= 0.3 is 0 Å². The predicted molar refractivity (Wildman–Crippen MR) is 61.7 cm³/mol. The van der Waals surface area contributed by atoms with E-state index in [-0.39, 0.29) is 12.5 Å². The highest BCUT2D eigenvalue weighted by Gasteiger charge is 1.97. The van der Waals surface area contributed by atoms with Crippen LogP contribution in [0.5, 0.6) is 5.75 Å². The lowest BCUT2D eigenvalue weighted by molar-refractivity contribution is -0.119. The molecule has 0 atom stereocenters. The van der Waals surface area contributed by atoms with Crippen molar-refractivity contribution in [3.8, 4) is 5.75 Å². The average molecular weight is 273 g/mol. The summed E-state index contributed by atoms with van der Waals surface area (Å²) >= 11 is 3.34. The van der Waals surface area contributed by atoms with Gasteiger partial charge in [0.1, 0.15) is 12.4 Å². The van der Waals surface area contributed by atoms with Crippen molar-refractivity contribution in [3.63, 3.8) is 0 Å². The fourth-order valence-electron chi connectivity index (χ4n) is 0.988. The molecule has 0 bridgehead atoms. The smallest absolute Gasteiger partial charge is 0.233 e. The number of rotatable bonds is 5. The molecule has 1 rings (SSSR count). The van der Waals surface area contributed by atoms with Crippen LogP contribution in [0.15, 0.2) is 28.7 Å². The van der Waals surface area contributed by atoms with Crippen molar-refractivity contribution in [2.45, 2.75) is 0 Å². The summed E-state index contributed by atoms with van der Waals surface area (Å²) in [6, 6.07) is 7.53. The Bertz CT molecular complexity index is 331. The number of hydrogen-bond donors (Lipinski definition) is 2. The molecule has 15 heavy (non-hydrogen) atoms. The standard InChI is InChI=1S/C10H13BrN2O2/c11-8-2-1-3-9(6-8)15-5-4-13-10(14)7-12/h1-3,6H,4-5,7,12H2,(H,13,14). The Morgan fingerprint density at radius 1 is 1.53 bits per heavy atom. The zero-order chi connectivity index (χ0) is 11.1. The van der Waals surface area contributed by atoms with E-state index in [9.17, 15) is 4.79 Å². The monoisotopic (exact) mass is 272 g/mol. The second-order valence-electron chi connectivity index (χ2n) is 2.86. The highest BCUT2D eigenvalue weighted by molar-refractivity contribution is 9.10. The molecule has 0 aliphatic carbocycles. The van der Waals surface area contributed by atoms with Crippen molar-refractivity contribution >= 4 is 21.8 Å². The zero-order valence-corrected chi connectivity index (χ0v) is 9.79. The summed E-state index contributed by atoms with van der Waals surface area (Å²) in [4.78, 5) is 10.8. The first-order valence-electron chi connectivity index (χ1n) is 4.57. The van der Waals surface area contributed by atoms with Gasteiger partial charge in [0.25, 0.3) is 0 Å². The van der Waals surface area contributed by atoms with Crippen molar-refractivity contribution < 1.29 is 9.53 Å². The molecule has 0 saturated heterocycles. The summed E-state index contributed by atoms with van der Waals surface area (Å²) in [5, 5.41) is 2.62. The molecule has 0 fully saturated rings. The van der Waals surface area contributed by atoms with E-state index in [4.69, 9.17) is 10.5 Å². The maximum absolute atomic E-state index is 10.8. The third-order valence-corrected chi connectivity index (χ3v) is 2.17. The Morgan fingerprint density at radius 2 is 2.33 bits per heavy atom. The largest absolute Gasteiger partial charge is 0.492 e. The number of ether oxygens (including phenoxy) is 1. The maximum Gasteiger partial charge on any atom is 0.233 e. The molecule has 82 valence electrons. The quantitative estimate of drug-likeness (QED) is 0.783. The molecule has 0 aromatic heterocycles. The Hall–Kier alpha value is -1.07. The number of nitrogens with one attached hydrogen (secondary N) is 1. The number of nitrogens with two attached hydrogens (primary N) is 1. The number of amides is 1. The second-order valence-corrected chi connectivity index (χ2v) is 3.78. The molecule has 0 spiro atoms. The van der Waals surface area contributed by atoms with Crippen LogP contribution in [0.2, 0.25) is 0 Å². The molecule has 0 saturated carbocycles. The van der Waals surface area contributed by atoms with Crippen molar-refractivity contribution in [1.82, 2.24) is 5.32 Å². The molecular weight excluding hydrogens is 260 g/mol. The van der Waals surface area contributed by atoms with Crippen LogP contribution in [0.25, 0.3) is 0 Å². The molecule has 5 heteroatoms. The summed E-state index contributed by atoms with van der Waals surface area (Å²) in [5.41, 5.74) is 5.13. The van der Waals surface area contributed by atoms with Crippen LogP contribution >= 0.6 is 15.9 Å². The van der Waals surface area contributed by atoms with Gasteiger partial charge in [-0.05, 0) is 18.2 Å². The average Bonchev–Trinajstić information content (AvgIpc) is 2.24. The van der Waals surface area contributed by atoms with Crippen LogP contribution in [0, 0.1) is 0 Å². The fourth-order valence-corrected chi connectivity index (χ4v) is 1.37. The summed E-state index contributed by atoms with van der Waals surface area (Å²) in [5.74, 6) is 0.596. The second kappa shape index (κ2) is 6.42. The summed E-state index contributed by atoms with van der Waals surface area (Å²) in [6.07, 6.45) is 0. The molecule has 1 amide bonds. The van der Waals surface area contributed by atoms with Gasteiger partial charge in [0.05, 0.1) is 13.1 Å². The lowest BCUT2D eigenvalue weighted by Crippen LogP contribution is -2.33. The Labute approximate surface area is 96.9 Å². The minimum Gasteiger partial charge on any atom is -0.492 e. The first-order valence-corrected chi connectivity index (χ1v) is 5.37. The minimum absolute atomic E-state index is 0.0108. The Balaban J connectivity index is 2.23. The van der Waals surface area contributed by atoms with Crippen LogP contribution in [-0.2, 0) is 4.79 Å². The third kappa shape index (κ3) is 4.80. The molecule has 4 nitrogen and oxygen atoms in total. The highest BCUT2D eigenvalue weighted by atomic mass is 79.9. The van der Waals surface area contributed by atoms with Gasteiger partial charge < -0.3 is 15.8 Å². The SMILES string of the molecule is NCC(=O)NCCOc1cccc(Br)c1. The number of benzene rings is 1. The van der Waals surface area contributed by atoms with Gasteiger partial charge in [-0.1, -0.05) is 22.0 Å². The molecule has 0 heterocycles. The Morgan fingerprint density at radius 3 is 3.00 bits per heavy atom. The molecule has 0 aliphatic rings. The maximum atomic E-state index is 10.8. The van der Waals surface area contributed by atoms with Gasteiger partial charge in [-0.2, -0.15) is 0 Å². The number of carbonyl (C=O) groups excluding carboxylic acids is 1. The first-order chi connectivity index (χ1) is 7.22. The van der Waals surface area contributed by atoms with E-state index in [1.54, 1.807) is 0 Å². The summed E-state index contributed by atoms with van der Waals surface area (Å²) < 4.78 is 6.36. The molecule has 1 aromatic rings. The van der Waals surface area contributed by atoms with E-state index >= 15 is 0 Å². The van der Waals surface area contributed by atoms with Crippen LogP contribution in [-0.4, -0.2) is 25.6 Å². The van der Waals surface area contributed by atoms with E-state index in [0.717, 1.165) is 10.2 Å². The number of carbonyl (C=O) groups is 1. The summed E-state index contributed by atoms with van der Waals surface area (Å²) in [7, 11) is 0. The van der Waals surface area contributed by atoms with E-state index in [0.29, 0.717) is 13.2 Å². The molecule has 0 radical (unpaired) electrons. The molecule has 3 N–H and O–H groups in total. The zero-order valence-electron chi connectivity index (χ0n) is 8.20.